The highest BCUT2D eigenvalue weighted by Crippen LogP contribution is 2.24. The molecular weight excluding hydrogens is 196 g/mol. The minimum atomic E-state index is 0.476. The molecule has 0 aromatic heterocycles. The van der Waals surface area contributed by atoms with Crippen LogP contribution < -0.4 is 5.73 Å². The molecule has 1 aliphatic heterocycles. The maximum atomic E-state index is 5.95. The van der Waals surface area contributed by atoms with E-state index >= 15 is 0 Å². The quantitative estimate of drug-likeness (QED) is 0.764. The molecule has 3 heteroatoms. The van der Waals surface area contributed by atoms with E-state index in [1.54, 1.807) is 0 Å². The molecule has 1 aromatic rings. The Morgan fingerprint density at radius 1 is 1.50 bits per heavy atom. The van der Waals surface area contributed by atoms with Crippen LogP contribution in [0.15, 0.2) is 18.2 Å². The zero-order valence-electron chi connectivity index (χ0n) is 8.33. The van der Waals surface area contributed by atoms with Crippen molar-refractivity contribution in [3.8, 4) is 0 Å². The van der Waals surface area contributed by atoms with Crippen LogP contribution in [0.5, 0.6) is 0 Å². The number of fused-ring (bicyclic) bond motifs is 1. The smallest absolute Gasteiger partial charge is 0.0409 e. The maximum Gasteiger partial charge on any atom is 0.0409 e. The van der Waals surface area contributed by atoms with Crippen molar-refractivity contribution in [2.24, 2.45) is 5.73 Å². The molecule has 1 aliphatic rings. The molecule has 0 amide bonds. The largest absolute Gasteiger partial charge is 0.329 e. The molecule has 2 nitrogen and oxygen atoms in total. The van der Waals surface area contributed by atoms with Crippen LogP contribution in [0.25, 0.3) is 0 Å². The van der Waals surface area contributed by atoms with Gasteiger partial charge >= 0.3 is 0 Å². The summed E-state index contributed by atoms with van der Waals surface area (Å²) in [5, 5.41) is 0.823. The van der Waals surface area contributed by atoms with Crippen LogP contribution in [0.2, 0.25) is 5.02 Å². The minimum absolute atomic E-state index is 0.476. The van der Waals surface area contributed by atoms with Gasteiger partial charge in [-0.25, -0.2) is 0 Å². The first-order chi connectivity index (χ1) is 6.70. The highest BCUT2D eigenvalue weighted by Gasteiger charge is 2.21. The van der Waals surface area contributed by atoms with E-state index < -0.39 is 0 Å². The third-order valence-corrected chi connectivity index (χ3v) is 3.17. The Morgan fingerprint density at radius 2 is 2.29 bits per heavy atom. The van der Waals surface area contributed by atoms with Gasteiger partial charge in [0, 0.05) is 24.2 Å². The Balaban J connectivity index is 2.30. The number of halogens is 1. The maximum absolute atomic E-state index is 5.95. The average molecular weight is 211 g/mol. The van der Waals surface area contributed by atoms with Gasteiger partial charge in [0.25, 0.3) is 0 Å². The number of hydrogen-bond acceptors (Lipinski definition) is 2. The van der Waals surface area contributed by atoms with Crippen LogP contribution in [-0.2, 0) is 13.0 Å². The summed E-state index contributed by atoms with van der Waals surface area (Å²) in [7, 11) is 2.11. The summed E-state index contributed by atoms with van der Waals surface area (Å²) >= 11 is 5.95. The molecule has 0 radical (unpaired) electrons. The molecule has 14 heavy (non-hydrogen) atoms. The van der Waals surface area contributed by atoms with Crippen LogP contribution in [0.1, 0.15) is 11.1 Å². The van der Waals surface area contributed by atoms with Crippen molar-refractivity contribution < 1.29 is 0 Å². The van der Waals surface area contributed by atoms with Gasteiger partial charge in [-0.05, 0) is 36.7 Å². The van der Waals surface area contributed by atoms with Crippen LogP contribution in [0.4, 0.5) is 0 Å². The van der Waals surface area contributed by atoms with Gasteiger partial charge < -0.3 is 5.73 Å². The van der Waals surface area contributed by atoms with E-state index in [0.717, 1.165) is 24.5 Å². The number of likely N-dealkylation sites (N-methyl/N-ethyl adjacent to an activating group) is 1. The van der Waals surface area contributed by atoms with Crippen LogP contribution in [0.3, 0.4) is 0 Å². The summed E-state index contributed by atoms with van der Waals surface area (Å²) in [6.45, 7) is 1.68. The average Bonchev–Trinajstić information content (AvgIpc) is 2.16. The monoisotopic (exact) mass is 210 g/mol. The number of nitrogens with two attached hydrogens (primary N) is 1. The molecule has 0 bridgehead atoms. The lowest BCUT2D eigenvalue weighted by Crippen LogP contribution is -2.42. The van der Waals surface area contributed by atoms with E-state index in [0.29, 0.717) is 6.04 Å². The molecule has 1 aromatic carbocycles. The first-order valence-electron chi connectivity index (χ1n) is 4.88. The van der Waals surface area contributed by atoms with Gasteiger partial charge in [0.1, 0.15) is 0 Å². The van der Waals surface area contributed by atoms with Crippen molar-refractivity contribution in [3.63, 3.8) is 0 Å². The normalized spacial score (nSPS) is 22.1. The standard InChI is InChI=1S/C11H15ClN2/c1-14-7-9-4-10(12)3-2-8(9)5-11(14)6-13/h2-4,11H,5-7,13H2,1H3. The summed E-state index contributed by atoms with van der Waals surface area (Å²) in [4.78, 5) is 2.29. The fourth-order valence-corrected chi connectivity index (χ4v) is 2.21. The van der Waals surface area contributed by atoms with Crippen molar-refractivity contribution in [3.05, 3.63) is 34.3 Å². The van der Waals surface area contributed by atoms with Crippen molar-refractivity contribution in [1.82, 2.24) is 4.90 Å². The first kappa shape index (κ1) is 9.97. The number of hydrogen-bond donors (Lipinski definition) is 1. The fourth-order valence-electron chi connectivity index (χ4n) is 2.01. The second kappa shape index (κ2) is 3.89. The van der Waals surface area contributed by atoms with Gasteiger partial charge in [0.05, 0.1) is 0 Å². The van der Waals surface area contributed by atoms with E-state index in [-0.39, 0.29) is 0 Å². The molecule has 0 spiro atoms. The Morgan fingerprint density at radius 3 is 3.00 bits per heavy atom. The zero-order valence-corrected chi connectivity index (χ0v) is 9.09. The predicted molar refractivity (Wildman–Crippen MR) is 59.5 cm³/mol. The molecule has 0 fully saturated rings. The Kier molecular flexibility index (Phi) is 2.77. The summed E-state index contributed by atoms with van der Waals surface area (Å²) < 4.78 is 0. The summed E-state index contributed by atoms with van der Waals surface area (Å²) in [6, 6.07) is 6.61. The third kappa shape index (κ3) is 1.78. The second-order valence-electron chi connectivity index (χ2n) is 3.92. The number of rotatable bonds is 1. The van der Waals surface area contributed by atoms with Gasteiger partial charge in [-0.2, -0.15) is 0 Å². The Bertz CT molecular complexity index is 338. The van der Waals surface area contributed by atoms with Gasteiger partial charge in [-0.3, -0.25) is 4.90 Å². The molecular formula is C11H15ClN2. The van der Waals surface area contributed by atoms with Crippen molar-refractivity contribution in [2.45, 2.75) is 19.0 Å². The molecule has 0 aliphatic carbocycles. The summed E-state index contributed by atoms with van der Waals surface area (Å²) in [6.07, 6.45) is 1.04. The second-order valence-corrected chi connectivity index (χ2v) is 4.36. The molecule has 2 N–H and O–H groups in total. The molecule has 76 valence electrons. The lowest BCUT2D eigenvalue weighted by atomic mass is 9.94. The molecule has 0 saturated carbocycles. The van der Waals surface area contributed by atoms with Gasteiger partial charge in [0.15, 0.2) is 0 Å². The summed E-state index contributed by atoms with van der Waals surface area (Å²) in [5.41, 5.74) is 8.44. The zero-order chi connectivity index (χ0) is 10.1. The fraction of sp³-hybridized carbons (Fsp3) is 0.455. The predicted octanol–water partition coefficient (Wildman–Crippen LogP) is 1.66. The lowest BCUT2D eigenvalue weighted by Gasteiger charge is -2.33. The molecule has 2 rings (SSSR count). The van der Waals surface area contributed by atoms with E-state index in [9.17, 15) is 0 Å². The molecule has 1 unspecified atom stereocenters. The Hall–Kier alpha value is -0.570. The third-order valence-electron chi connectivity index (χ3n) is 2.94. The van der Waals surface area contributed by atoms with Gasteiger partial charge in [0.2, 0.25) is 0 Å². The van der Waals surface area contributed by atoms with Crippen LogP contribution in [-0.4, -0.2) is 24.5 Å². The van der Waals surface area contributed by atoms with Crippen molar-refractivity contribution in [1.29, 1.82) is 0 Å². The van der Waals surface area contributed by atoms with Crippen LogP contribution in [0, 0.1) is 0 Å². The van der Waals surface area contributed by atoms with Gasteiger partial charge in [-0.15, -0.1) is 0 Å². The van der Waals surface area contributed by atoms with E-state index in [4.69, 9.17) is 17.3 Å². The van der Waals surface area contributed by atoms with E-state index in [2.05, 4.69) is 24.1 Å². The highest BCUT2D eigenvalue weighted by molar-refractivity contribution is 6.30. The van der Waals surface area contributed by atoms with Crippen molar-refractivity contribution >= 4 is 11.6 Å². The Labute approximate surface area is 89.7 Å². The van der Waals surface area contributed by atoms with E-state index in [1.807, 2.05) is 6.07 Å². The summed E-state index contributed by atoms with van der Waals surface area (Å²) in [5.74, 6) is 0. The SMILES string of the molecule is CN1Cc2cc(Cl)ccc2CC1CN. The highest BCUT2D eigenvalue weighted by atomic mass is 35.5. The molecule has 1 heterocycles. The van der Waals surface area contributed by atoms with Gasteiger partial charge in [-0.1, -0.05) is 17.7 Å². The minimum Gasteiger partial charge on any atom is -0.329 e. The van der Waals surface area contributed by atoms with Crippen LogP contribution >= 0.6 is 11.6 Å². The lowest BCUT2D eigenvalue weighted by molar-refractivity contribution is 0.221. The first-order valence-corrected chi connectivity index (χ1v) is 5.26. The number of nitrogens with zero attached hydrogens (tertiary/aromatic N) is 1. The number of benzene rings is 1. The molecule has 1 atom stereocenters. The van der Waals surface area contributed by atoms with E-state index in [1.165, 1.54) is 11.1 Å². The van der Waals surface area contributed by atoms with Crippen molar-refractivity contribution in [2.75, 3.05) is 13.6 Å². The molecule has 0 saturated heterocycles. The topological polar surface area (TPSA) is 29.3 Å².